The van der Waals surface area contributed by atoms with Crippen LogP contribution in [-0.2, 0) is 9.47 Å². The van der Waals surface area contributed by atoms with Gasteiger partial charge >= 0.3 is 0 Å². The van der Waals surface area contributed by atoms with E-state index in [1.165, 1.54) is 32.1 Å². The molecule has 4 aliphatic rings. The average molecular weight is 278 g/mol. The van der Waals surface area contributed by atoms with Crippen molar-refractivity contribution in [1.82, 2.24) is 0 Å². The van der Waals surface area contributed by atoms with Crippen molar-refractivity contribution in [3.8, 4) is 0 Å². The zero-order valence-corrected chi connectivity index (χ0v) is 13.1. The summed E-state index contributed by atoms with van der Waals surface area (Å²) in [6.07, 6.45) is 12.0. The molecule has 20 heavy (non-hydrogen) atoms. The van der Waals surface area contributed by atoms with E-state index in [1.807, 2.05) is 6.92 Å². The minimum Gasteiger partial charge on any atom is -0.356 e. The summed E-state index contributed by atoms with van der Waals surface area (Å²) in [6.45, 7) is 2.90. The summed E-state index contributed by atoms with van der Waals surface area (Å²) < 4.78 is 11.0. The molecule has 0 aromatic carbocycles. The van der Waals surface area contributed by atoms with Gasteiger partial charge in [0.15, 0.2) is 6.29 Å². The van der Waals surface area contributed by atoms with Gasteiger partial charge in [-0.3, -0.25) is 0 Å². The van der Waals surface area contributed by atoms with Crippen LogP contribution in [0.15, 0.2) is 0 Å². The summed E-state index contributed by atoms with van der Waals surface area (Å²) in [7, 11) is 1.73. The van der Waals surface area contributed by atoms with E-state index < -0.39 is 0 Å². The molecule has 0 spiro atoms. The Morgan fingerprint density at radius 3 is 2.80 bits per heavy atom. The van der Waals surface area contributed by atoms with Gasteiger partial charge in [0.25, 0.3) is 0 Å². The lowest BCUT2D eigenvalue weighted by Gasteiger charge is -2.45. The van der Waals surface area contributed by atoms with Crippen LogP contribution in [0.4, 0.5) is 0 Å². The third-order valence-corrected chi connectivity index (χ3v) is 7.43. The Kier molecular flexibility index (Phi) is 3.38. The Labute approximate surface area is 123 Å². The molecule has 0 N–H and O–H groups in total. The zero-order valence-electron chi connectivity index (χ0n) is 13.1. The van der Waals surface area contributed by atoms with E-state index in [0.29, 0.717) is 5.41 Å². The van der Waals surface area contributed by atoms with E-state index in [4.69, 9.17) is 9.47 Å². The molecule has 4 rings (SSSR count). The van der Waals surface area contributed by atoms with Crippen LogP contribution in [0, 0.1) is 35.0 Å². The van der Waals surface area contributed by atoms with E-state index in [9.17, 15) is 0 Å². The Morgan fingerprint density at radius 1 is 1.10 bits per heavy atom. The first-order chi connectivity index (χ1) is 9.71. The van der Waals surface area contributed by atoms with Crippen molar-refractivity contribution in [1.29, 1.82) is 0 Å². The maximum Gasteiger partial charge on any atom is 0.154 e. The summed E-state index contributed by atoms with van der Waals surface area (Å²) in [4.78, 5) is 0. The molecule has 0 amide bonds. The first-order valence-electron chi connectivity index (χ1n) is 8.85. The molecule has 4 aliphatic carbocycles. The van der Waals surface area contributed by atoms with Crippen LogP contribution in [0.3, 0.4) is 0 Å². The van der Waals surface area contributed by atoms with Gasteiger partial charge < -0.3 is 9.47 Å². The summed E-state index contributed by atoms with van der Waals surface area (Å²) in [5.74, 6) is 5.52. The Hall–Kier alpha value is -0.0800. The molecule has 0 heterocycles. The van der Waals surface area contributed by atoms with E-state index in [-0.39, 0.29) is 6.29 Å². The average Bonchev–Trinajstić information content (AvgIpc) is 3.13. The fourth-order valence-electron chi connectivity index (χ4n) is 6.60. The molecule has 0 aliphatic heterocycles. The minimum absolute atomic E-state index is 0.0394. The fourth-order valence-corrected chi connectivity index (χ4v) is 6.60. The van der Waals surface area contributed by atoms with Gasteiger partial charge in [-0.2, -0.15) is 0 Å². The van der Waals surface area contributed by atoms with Crippen molar-refractivity contribution < 1.29 is 9.47 Å². The van der Waals surface area contributed by atoms with Crippen molar-refractivity contribution in [2.24, 2.45) is 35.0 Å². The SMILES string of the molecule is COC(C)OCCC12CCC(C1)C1C3CCC(C3)C1C2. The number of hydrogen-bond donors (Lipinski definition) is 0. The van der Waals surface area contributed by atoms with Crippen LogP contribution < -0.4 is 0 Å². The van der Waals surface area contributed by atoms with E-state index >= 15 is 0 Å². The highest BCUT2D eigenvalue weighted by molar-refractivity contribution is 5.08. The quantitative estimate of drug-likeness (QED) is 0.700. The number of fused-ring (bicyclic) bond motifs is 8. The molecule has 7 unspecified atom stereocenters. The third-order valence-electron chi connectivity index (χ3n) is 7.43. The van der Waals surface area contributed by atoms with Crippen molar-refractivity contribution in [2.45, 2.75) is 64.6 Å². The lowest BCUT2D eigenvalue weighted by atomic mass is 9.60. The molecule has 114 valence electrons. The fraction of sp³-hybridized carbons (Fsp3) is 1.00. The van der Waals surface area contributed by atoms with Crippen LogP contribution in [0.25, 0.3) is 0 Å². The van der Waals surface area contributed by atoms with E-state index in [1.54, 1.807) is 26.4 Å². The highest BCUT2D eigenvalue weighted by Crippen LogP contribution is 2.67. The largest absolute Gasteiger partial charge is 0.356 e. The lowest BCUT2D eigenvalue weighted by molar-refractivity contribution is -0.119. The summed E-state index contributed by atoms with van der Waals surface area (Å²) in [5.41, 5.74) is 0.643. The molecule has 0 aromatic heterocycles. The summed E-state index contributed by atoms with van der Waals surface area (Å²) >= 11 is 0. The Balaban J connectivity index is 1.41. The second-order valence-electron chi connectivity index (χ2n) is 8.21. The van der Waals surface area contributed by atoms with Crippen molar-refractivity contribution in [3.63, 3.8) is 0 Å². The number of rotatable bonds is 5. The lowest BCUT2D eigenvalue weighted by Crippen LogP contribution is -2.37. The van der Waals surface area contributed by atoms with Gasteiger partial charge in [0.05, 0.1) is 6.61 Å². The van der Waals surface area contributed by atoms with Gasteiger partial charge in [0, 0.05) is 7.11 Å². The van der Waals surface area contributed by atoms with Crippen molar-refractivity contribution in [3.05, 3.63) is 0 Å². The smallest absolute Gasteiger partial charge is 0.154 e. The standard InChI is InChI=1S/C18H30O2/c1-12(19-2)20-8-7-18-6-5-15(10-18)17-14-4-3-13(9-14)16(17)11-18/h12-17H,3-11H2,1-2H3. The van der Waals surface area contributed by atoms with Gasteiger partial charge in [-0.05, 0) is 93.3 Å². The monoisotopic (exact) mass is 278 g/mol. The predicted octanol–water partition coefficient (Wildman–Crippen LogP) is 4.24. The van der Waals surface area contributed by atoms with Gasteiger partial charge in [0.1, 0.15) is 0 Å². The van der Waals surface area contributed by atoms with Gasteiger partial charge in [-0.1, -0.05) is 0 Å². The molecule has 7 atom stereocenters. The Bertz CT molecular complexity index is 368. The topological polar surface area (TPSA) is 18.5 Å². The van der Waals surface area contributed by atoms with Crippen molar-refractivity contribution in [2.75, 3.05) is 13.7 Å². The third kappa shape index (κ3) is 2.06. The molecule has 2 nitrogen and oxygen atoms in total. The highest BCUT2D eigenvalue weighted by Gasteiger charge is 2.58. The Morgan fingerprint density at radius 2 is 1.95 bits per heavy atom. The van der Waals surface area contributed by atoms with E-state index in [2.05, 4.69) is 0 Å². The molecule has 2 heteroatoms. The van der Waals surface area contributed by atoms with Crippen LogP contribution in [-0.4, -0.2) is 20.0 Å². The highest BCUT2D eigenvalue weighted by atomic mass is 16.7. The molecular formula is C18H30O2. The summed E-state index contributed by atoms with van der Waals surface area (Å²) in [5, 5.41) is 0. The molecule has 0 radical (unpaired) electrons. The van der Waals surface area contributed by atoms with Crippen LogP contribution >= 0.6 is 0 Å². The second-order valence-corrected chi connectivity index (χ2v) is 8.21. The number of hydrogen-bond acceptors (Lipinski definition) is 2. The maximum absolute atomic E-state index is 5.79. The molecular weight excluding hydrogens is 248 g/mol. The normalized spacial score (nSPS) is 50.4. The predicted molar refractivity (Wildman–Crippen MR) is 79.2 cm³/mol. The zero-order chi connectivity index (χ0) is 13.7. The van der Waals surface area contributed by atoms with Crippen LogP contribution in [0.5, 0.6) is 0 Å². The van der Waals surface area contributed by atoms with Crippen molar-refractivity contribution >= 4 is 0 Å². The van der Waals surface area contributed by atoms with Gasteiger partial charge in [-0.25, -0.2) is 0 Å². The number of ether oxygens (including phenoxy) is 2. The molecule has 4 fully saturated rings. The van der Waals surface area contributed by atoms with Gasteiger partial charge in [0.2, 0.25) is 0 Å². The second kappa shape index (κ2) is 4.98. The van der Waals surface area contributed by atoms with E-state index in [0.717, 1.165) is 36.2 Å². The number of methoxy groups -OCH3 is 1. The minimum atomic E-state index is -0.0394. The molecule has 4 saturated carbocycles. The first kappa shape index (κ1) is 13.6. The molecule has 0 aromatic rings. The van der Waals surface area contributed by atoms with Crippen LogP contribution in [0.1, 0.15) is 58.3 Å². The van der Waals surface area contributed by atoms with Gasteiger partial charge in [-0.15, -0.1) is 0 Å². The maximum atomic E-state index is 5.79. The first-order valence-corrected chi connectivity index (χ1v) is 8.85. The summed E-state index contributed by atoms with van der Waals surface area (Å²) in [6, 6.07) is 0. The molecule has 4 bridgehead atoms. The van der Waals surface area contributed by atoms with Crippen LogP contribution in [0.2, 0.25) is 0 Å². The molecule has 0 saturated heterocycles.